The van der Waals surface area contributed by atoms with Crippen molar-refractivity contribution < 1.29 is 8.42 Å². The van der Waals surface area contributed by atoms with Gasteiger partial charge in [-0.15, -0.1) is 0 Å². The summed E-state index contributed by atoms with van der Waals surface area (Å²) in [7, 11) is -3.50. The van der Waals surface area contributed by atoms with E-state index in [9.17, 15) is 8.42 Å². The lowest BCUT2D eigenvalue weighted by Gasteiger charge is -2.15. The molecule has 0 saturated carbocycles. The third-order valence-corrected chi connectivity index (χ3v) is 5.68. The van der Waals surface area contributed by atoms with E-state index in [1.54, 1.807) is 37.3 Å². The summed E-state index contributed by atoms with van der Waals surface area (Å²) in [6.45, 7) is 1.67. The van der Waals surface area contributed by atoms with E-state index in [1.807, 2.05) is 18.2 Å². The molecule has 0 fully saturated rings. The Morgan fingerprint density at radius 2 is 1.74 bits per heavy atom. The number of halogens is 1. The first-order chi connectivity index (χ1) is 8.93. The zero-order chi connectivity index (χ0) is 14.0. The first-order valence-corrected chi connectivity index (χ1v) is 8.10. The minimum absolute atomic E-state index is 0.165. The number of hydrogen-bond acceptors (Lipinski definition) is 3. The number of anilines is 1. The van der Waals surface area contributed by atoms with Gasteiger partial charge in [0, 0.05) is 4.47 Å². The molecule has 0 heterocycles. The summed E-state index contributed by atoms with van der Waals surface area (Å²) in [5.41, 5.74) is 6.81. The monoisotopic (exact) mass is 339 g/mol. The molecule has 0 aromatic heterocycles. The second-order valence-electron chi connectivity index (χ2n) is 4.28. The van der Waals surface area contributed by atoms with Crippen molar-refractivity contribution in [3.05, 3.63) is 58.6 Å². The van der Waals surface area contributed by atoms with E-state index in [1.165, 1.54) is 0 Å². The van der Waals surface area contributed by atoms with Crippen LogP contribution < -0.4 is 5.73 Å². The average Bonchev–Trinajstić information content (AvgIpc) is 2.41. The van der Waals surface area contributed by atoms with Crippen LogP contribution in [0.25, 0.3) is 0 Å². The second kappa shape index (κ2) is 5.35. The highest BCUT2D eigenvalue weighted by atomic mass is 79.9. The Bertz CT molecular complexity index is 684. The highest BCUT2D eigenvalue weighted by Gasteiger charge is 2.26. The standard InChI is InChI=1S/C14H14BrNO2S/c1-10(11-5-3-2-4-6-11)19(17,18)14-9-12(15)7-8-13(14)16/h2-10H,16H2,1H3. The SMILES string of the molecule is CC(c1ccccc1)S(=O)(=O)c1cc(Br)ccc1N. The molecule has 2 aromatic carbocycles. The molecule has 0 aliphatic rings. The molecule has 2 aromatic rings. The molecule has 0 radical (unpaired) electrons. The van der Waals surface area contributed by atoms with Gasteiger partial charge in [0.15, 0.2) is 9.84 Å². The van der Waals surface area contributed by atoms with Gasteiger partial charge in [-0.05, 0) is 30.7 Å². The van der Waals surface area contributed by atoms with Crippen molar-refractivity contribution in [2.75, 3.05) is 5.73 Å². The van der Waals surface area contributed by atoms with Crippen LogP contribution in [0.15, 0.2) is 57.9 Å². The van der Waals surface area contributed by atoms with Gasteiger partial charge in [-0.1, -0.05) is 46.3 Å². The first kappa shape index (κ1) is 14.1. The molecule has 2 N–H and O–H groups in total. The van der Waals surface area contributed by atoms with Gasteiger partial charge in [-0.25, -0.2) is 8.42 Å². The predicted molar refractivity (Wildman–Crippen MR) is 80.6 cm³/mol. The summed E-state index contributed by atoms with van der Waals surface area (Å²) in [6.07, 6.45) is 0. The van der Waals surface area contributed by atoms with E-state index in [0.29, 0.717) is 4.47 Å². The van der Waals surface area contributed by atoms with Gasteiger partial charge in [0.1, 0.15) is 0 Å². The largest absolute Gasteiger partial charge is 0.398 e. The summed E-state index contributed by atoms with van der Waals surface area (Å²) in [5, 5.41) is -0.634. The molecule has 2 rings (SSSR count). The molecule has 5 heteroatoms. The molecule has 3 nitrogen and oxygen atoms in total. The zero-order valence-electron chi connectivity index (χ0n) is 10.4. The Morgan fingerprint density at radius 1 is 1.11 bits per heavy atom. The number of rotatable bonds is 3. The van der Waals surface area contributed by atoms with Gasteiger partial charge in [0.2, 0.25) is 0 Å². The lowest BCUT2D eigenvalue weighted by atomic mass is 10.2. The van der Waals surface area contributed by atoms with E-state index in [2.05, 4.69) is 15.9 Å². The minimum atomic E-state index is -3.50. The highest BCUT2D eigenvalue weighted by Crippen LogP contribution is 2.33. The van der Waals surface area contributed by atoms with E-state index >= 15 is 0 Å². The molecule has 0 aliphatic heterocycles. The fourth-order valence-electron chi connectivity index (χ4n) is 1.85. The van der Waals surface area contributed by atoms with Crippen LogP contribution in [0.4, 0.5) is 5.69 Å². The van der Waals surface area contributed by atoms with Crippen LogP contribution in [0.1, 0.15) is 17.7 Å². The molecule has 0 bridgehead atoms. The number of nitrogens with two attached hydrogens (primary N) is 1. The van der Waals surface area contributed by atoms with E-state index in [0.717, 1.165) is 5.56 Å². The maximum absolute atomic E-state index is 12.6. The van der Waals surface area contributed by atoms with Crippen molar-refractivity contribution in [1.29, 1.82) is 0 Å². The van der Waals surface area contributed by atoms with Crippen molar-refractivity contribution >= 4 is 31.5 Å². The summed E-state index contributed by atoms with van der Waals surface area (Å²) in [4.78, 5) is 0.165. The van der Waals surface area contributed by atoms with Gasteiger partial charge in [-0.3, -0.25) is 0 Å². The smallest absolute Gasteiger partial charge is 0.187 e. The number of hydrogen-bond donors (Lipinski definition) is 1. The number of nitrogen functional groups attached to an aromatic ring is 1. The van der Waals surface area contributed by atoms with Crippen LogP contribution in [0.3, 0.4) is 0 Å². The molecular formula is C14H14BrNO2S. The fraction of sp³-hybridized carbons (Fsp3) is 0.143. The Labute approximate surface area is 121 Å². The van der Waals surface area contributed by atoms with Crippen LogP contribution in [0, 0.1) is 0 Å². The molecule has 0 amide bonds. The Balaban J connectivity index is 2.51. The third-order valence-electron chi connectivity index (χ3n) is 3.02. The van der Waals surface area contributed by atoms with E-state index < -0.39 is 15.1 Å². The van der Waals surface area contributed by atoms with Crippen LogP contribution >= 0.6 is 15.9 Å². The van der Waals surface area contributed by atoms with Gasteiger partial charge in [-0.2, -0.15) is 0 Å². The topological polar surface area (TPSA) is 60.2 Å². The maximum Gasteiger partial charge on any atom is 0.187 e. The predicted octanol–water partition coefficient (Wildman–Crippen LogP) is 3.57. The van der Waals surface area contributed by atoms with Crippen molar-refractivity contribution in [2.45, 2.75) is 17.1 Å². The molecule has 0 spiro atoms. The molecule has 0 aliphatic carbocycles. The minimum Gasteiger partial charge on any atom is -0.398 e. The Morgan fingerprint density at radius 3 is 2.37 bits per heavy atom. The number of benzene rings is 2. The summed E-state index contributed by atoms with van der Waals surface area (Å²) in [6, 6.07) is 14.0. The summed E-state index contributed by atoms with van der Waals surface area (Å²) >= 11 is 3.27. The summed E-state index contributed by atoms with van der Waals surface area (Å²) in [5.74, 6) is 0. The lowest BCUT2D eigenvalue weighted by molar-refractivity contribution is 0.586. The highest BCUT2D eigenvalue weighted by molar-refractivity contribution is 9.10. The van der Waals surface area contributed by atoms with E-state index in [4.69, 9.17) is 5.73 Å². The third kappa shape index (κ3) is 2.82. The first-order valence-electron chi connectivity index (χ1n) is 5.77. The van der Waals surface area contributed by atoms with Crippen LogP contribution in [-0.2, 0) is 9.84 Å². The lowest BCUT2D eigenvalue weighted by Crippen LogP contribution is -2.12. The van der Waals surface area contributed by atoms with Crippen LogP contribution in [-0.4, -0.2) is 8.42 Å². The molecule has 19 heavy (non-hydrogen) atoms. The van der Waals surface area contributed by atoms with Gasteiger partial charge < -0.3 is 5.73 Å². The van der Waals surface area contributed by atoms with Gasteiger partial charge in [0.25, 0.3) is 0 Å². The van der Waals surface area contributed by atoms with Gasteiger partial charge >= 0.3 is 0 Å². The van der Waals surface area contributed by atoms with Gasteiger partial charge in [0.05, 0.1) is 15.8 Å². The molecule has 100 valence electrons. The second-order valence-corrected chi connectivity index (χ2v) is 7.43. The van der Waals surface area contributed by atoms with Crippen molar-refractivity contribution in [1.82, 2.24) is 0 Å². The van der Waals surface area contributed by atoms with Crippen LogP contribution in [0.2, 0.25) is 0 Å². The maximum atomic E-state index is 12.6. The quantitative estimate of drug-likeness (QED) is 0.869. The summed E-state index contributed by atoms with van der Waals surface area (Å²) < 4.78 is 25.9. The van der Waals surface area contributed by atoms with Crippen molar-refractivity contribution in [2.24, 2.45) is 0 Å². The average molecular weight is 340 g/mol. The van der Waals surface area contributed by atoms with Crippen molar-refractivity contribution in [3.8, 4) is 0 Å². The normalized spacial score (nSPS) is 13.2. The Hall–Kier alpha value is -1.33. The molecular weight excluding hydrogens is 326 g/mol. The van der Waals surface area contributed by atoms with E-state index in [-0.39, 0.29) is 10.6 Å². The number of sulfone groups is 1. The fourth-order valence-corrected chi connectivity index (χ4v) is 3.95. The molecule has 1 atom stereocenters. The van der Waals surface area contributed by atoms with Crippen LogP contribution in [0.5, 0.6) is 0 Å². The zero-order valence-corrected chi connectivity index (χ0v) is 12.8. The Kier molecular flexibility index (Phi) is 3.96. The molecule has 1 unspecified atom stereocenters. The van der Waals surface area contributed by atoms with Crippen molar-refractivity contribution in [3.63, 3.8) is 0 Å². The molecule has 0 saturated heterocycles.